The summed E-state index contributed by atoms with van der Waals surface area (Å²) < 4.78 is 22.5. The Balaban J connectivity index is 1.54. The van der Waals surface area contributed by atoms with Gasteiger partial charge in [0.05, 0.1) is 22.2 Å². The van der Waals surface area contributed by atoms with Crippen molar-refractivity contribution in [2.45, 2.75) is 13.8 Å². The van der Waals surface area contributed by atoms with E-state index in [4.69, 9.17) is 18.9 Å². The number of benzene rings is 3. The first kappa shape index (κ1) is 24.3. The Labute approximate surface area is 201 Å². The fraction of sp³-hybridized carbons (Fsp3) is 0.231. The van der Waals surface area contributed by atoms with Gasteiger partial charge in [-0.25, -0.2) is 9.59 Å². The number of hydrogen-bond donors (Lipinski definition) is 0. The van der Waals surface area contributed by atoms with Gasteiger partial charge in [0.25, 0.3) is 0 Å². The van der Waals surface area contributed by atoms with Gasteiger partial charge in [0.2, 0.25) is 0 Å². The Kier molecular flexibility index (Phi) is 8.89. The van der Waals surface area contributed by atoms with Crippen molar-refractivity contribution in [2.24, 2.45) is 5.92 Å². The van der Waals surface area contributed by atoms with Gasteiger partial charge >= 0.3 is 11.9 Å². The van der Waals surface area contributed by atoms with Crippen molar-refractivity contribution in [3.8, 4) is 17.2 Å². The number of esters is 2. The lowest BCUT2D eigenvalue weighted by Gasteiger charge is -2.11. The highest BCUT2D eigenvalue weighted by Crippen LogP contribution is 2.27. The predicted octanol–water partition coefficient (Wildman–Crippen LogP) is 5.94. The highest BCUT2D eigenvalue weighted by molar-refractivity contribution is 9.10. The molecular formula is C26H25BrO6. The molecule has 0 atom stereocenters. The van der Waals surface area contributed by atoms with E-state index in [1.54, 1.807) is 36.4 Å². The number of carbonyl (C=O) groups excluding carboxylic acids is 2. The van der Waals surface area contributed by atoms with Crippen molar-refractivity contribution in [3.63, 3.8) is 0 Å². The first-order valence-electron chi connectivity index (χ1n) is 10.5. The summed E-state index contributed by atoms with van der Waals surface area (Å²) in [5.41, 5.74) is 0.628. The molecule has 3 aromatic rings. The molecule has 0 spiro atoms. The maximum atomic E-state index is 12.6. The third-order valence-electron chi connectivity index (χ3n) is 4.35. The van der Waals surface area contributed by atoms with Gasteiger partial charge in [0.1, 0.15) is 30.5 Å². The van der Waals surface area contributed by atoms with Gasteiger partial charge in [-0.05, 0) is 70.4 Å². The highest BCUT2D eigenvalue weighted by atomic mass is 79.9. The lowest BCUT2D eigenvalue weighted by molar-refractivity contribution is 0.0449. The summed E-state index contributed by atoms with van der Waals surface area (Å²) in [6.07, 6.45) is 0. The van der Waals surface area contributed by atoms with E-state index in [0.717, 1.165) is 0 Å². The van der Waals surface area contributed by atoms with E-state index in [1.807, 2.05) is 30.3 Å². The fourth-order valence-corrected chi connectivity index (χ4v) is 3.24. The second kappa shape index (κ2) is 12.1. The first-order chi connectivity index (χ1) is 15.9. The molecule has 0 amide bonds. The highest BCUT2D eigenvalue weighted by Gasteiger charge is 2.14. The molecule has 0 fully saturated rings. The van der Waals surface area contributed by atoms with Crippen molar-refractivity contribution >= 4 is 27.9 Å². The van der Waals surface area contributed by atoms with Crippen LogP contribution < -0.4 is 14.2 Å². The van der Waals surface area contributed by atoms with Gasteiger partial charge < -0.3 is 18.9 Å². The van der Waals surface area contributed by atoms with Crippen LogP contribution in [-0.2, 0) is 4.74 Å². The molecule has 0 aromatic heterocycles. The number of rotatable bonds is 10. The summed E-state index contributed by atoms with van der Waals surface area (Å²) in [5, 5.41) is 0. The van der Waals surface area contributed by atoms with Crippen molar-refractivity contribution in [1.29, 1.82) is 0 Å². The second-order valence-electron chi connectivity index (χ2n) is 7.56. The molecule has 33 heavy (non-hydrogen) atoms. The smallest absolute Gasteiger partial charge is 0.343 e. The maximum absolute atomic E-state index is 12.6. The van der Waals surface area contributed by atoms with Crippen LogP contribution in [0.2, 0.25) is 0 Å². The third kappa shape index (κ3) is 7.64. The average Bonchev–Trinajstić information content (AvgIpc) is 2.81. The summed E-state index contributed by atoms with van der Waals surface area (Å²) in [5.74, 6) is 0.907. The molecule has 0 saturated carbocycles. The van der Waals surface area contributed by atoms with E-state index in [1.165, 1.54) is 6.07 Å². The van der Waals surface area contributed by atoms with Gasteiger partial charge in [-0.15, -0.1) is 0 Å². The Bertz CT molecular complexity index is 1080. The summed E-state index contributed by atoms with van der Waals surface area (Å²) in [7, 11) is 0. The number of carbonyl (C=O) groups is 2. The molecule has 0 bridgehead atoms. The zero-order valence-corrected chi connectivity index (χ0v) is 20.0. The number of halogens is 1. The summed E-state index contributed by atoms with van der Waals surface area (Å²) >= 11 is 3.42. The Hall–Kier alpha value is -3.32. The van der Waals surface area contributed by atoms with E-state index in [-0.39, 0.29) is 24.5 Å². The van der Waals surface area contributed by atoms with Crippen molar-refractivity contribution in [1.82, 2.24) is 0 Å². The number of para-hydroxylation sites is 1. The topological polar surface area (TPSA) is 71.1 Å². The molecule has 0 unspecified atom stereocenters. The van der Waals surface area contributed by atoms with Gasteiger partial charge in [-0.3, -0.25) is 0 Å². The predicted molar refractivity (Wildman–Crippen MR) is 128 cm³/mol. The zero-order valence-electron chi connectivity index (χ0n) is 18.5. The minimum absolute atomic E-state index is 0.0942. The number of ether oxygens (including phenoxy) is 4. The molecule has 7 heteroatoms. The fourth-order valence-electron chi connectivity index (χ4n) is 2.75. The minimum atomic E-state index is -0.548. The van der Waals surface area contributed by atoms with Crippen LogP contribution in [0.3, 0.4) is 0 Å². The summed E-state index contributed by atoms with van der Waals surface area (Å²) in [4.78, 5) is 24.9. The van der Waals surface area contributed by atoms with Gasteiger partial charge in [-0.1, -0.05) is 38.1 Å². The van der Waals surface area contributed by atoms with E-state index in [9.17, 15) is 9.59 Å². The first-order valence-corrected chi connectivity index (χ1v) is 11.3. The lowest BCUT2D eigenvalue weighted by Crippen LogP contribution is -2.13. The molecule has 6 nitrogen and oxygen atoms in total. The molecule has 0 aliphatic rings. The number of hydrogen-bond acceptors (Lipinski definition) is 6. The van der Waals surface area contributed by atoms with Crippen molar-refractivity contribution in [3.05, 3.63) is 88.4 Å². The van der Waals surface area contributed by atoms with Crippen LogP contribution in [0.1, 0.15) is 34.6 Å². The molecule has 0 heterocycles. The maximum Gasteiger partial charge on any atom is 0.343 e. The van der Waals surface area contributed by atoms with Crippen molar-refractivity contribution in [2.75, 3.05) is 19.8 Å². The summed E-state index contributed by atoms with van der Waals surface area (Å²) in [6.45, 7) is 5.01. The Morgan fingerprint density at radius 1 is 0.788 bits per heavy atom. The largest absolute Gasteiger partial charge is 0.492 e. The Morgan fingerprint density at radius 2 is 1.52 bits per heavy atom. The standard InChI is InChI=1S/C26H25BrO6/c1-18(2)17-32-24-12-11-20(16-23(24)27)26(29)33-22-10-6-7-19(15-22)25(28)31-14-13-30-21-8-4-3-5-9-21/h3-12,15-16,18H,13-14,17H2,1-2H3. The monoisotopic (exact) mass is 512 g/mol. The quantitative estimate of drug-likeness (QED) is 0.190. The molecule has 3 rings (SSSR count). The van der Waals surface area contributed by atoms with E-state index in [2.05, 4.69) is 29.8 Å². The van der Waals surface area contributed by atoms with Crippen LogP contribution in [0.15, 0.2) is 77.3 Å². The van der Waals surface area contributed by atoms with Gasteiger partial charge in [-0.2, -0.15) is 0 Å². The molecule has 0 aliphatic carbocycles. The van der Waals surface area contributed by atoms with Crippen LogP contribution in [-0.4, -0.2) is 31.8 Å². The molecule has 3 aromatic carbocycles. The molecule has 0 saturated heterocycles. The SMILES string of the molecule is CC(C)COc1ccc(C(=O)Oc2cccc(C(=O)OCCOc3ccccc3)c2)cc1Br. The average molecular weight is 513 g/mol. The van der Waals surface area contributed by atoms with Crippen LogP contribution in [0, 0.1) is 5.92 Å². The van der Waals surface area contributed by atoms with Crippen LogP contribution in [0.5, 0.6) is 17.2 Å². The molecule has 0 aliphatic heterocycles. The lowest BCUT2D eigenvalue weighted by atomic mass is 10.2. The van der Waals surface area contributed by atoms with Gasteiger partial charge in [0, 0.05) is 0 Å². The summed E-state index contributed by atoms with van der Waals surface area (Å²) in [6, 6.07) is 20.5. The third-order valence-corrected chi connectivity index (χ3v) is 4.97. The van der Waals surface area contributed by atoms with Gasteiger partial charge in [0.15, 0.2) is 0 Å². The second-order valence-corrected chi connectivity index (χ2v) is 8.42. The normalized spacial score (nSPS) is 10.5. The van der Waals surface area contributed by atoms with Crippen LogP contribution in [0.25, 0.3) is 0 Å². The zero-order chi connectivity index (χ0) is 23.6. The van der Waals surface area contributed by atoms with E-state index in [0.29, 0.717) is 34.1 Å². The molecule has 172 valence electrons. The molecule has 0 N–H and O–H groups in total. The molecular weight excluding hydrogens is 488 g/mol. The van der Waals surface area contributed by atoms with E-state index < -0.39 is 11.9 Å². The Morgan fingerprint density at radius 3 is 2.24 bits per heavy atom. The van der Waals surface area contributed by atoms with Crippen LogP contribution >= 0.6 is 15.9 Å². The van der Waals surface area contributed by atoms with E-state index >= 15 is 0 Å². The van der Waals surface area contributed by atoms with Crippen LogP contribution in [0.4, 0.5) is 0 Å². The molecule has 0 radical (unpaired) electrons. The van der Waals surface area contributed by atoms with Crippen molar-refractivity contribution < 1.29 is 28.5 Å². The minimum Gasteiger partial charge on any atom is -0.492 e.